The molecule has 0 amide bonds. The molecule has 0 spiro atoms. The Hall–Kier alpha value is -2.75. The zero-order chi connectivity index (χ0) is 12.8. The van der Waals surface area contributed by atoms with Gasteiger partial charge < -0.3 is 14.6 Å². The third kappa shape index (κ3) is 1.57. The molecule has 4 aromatic rings. The van der Waals surface area contributed by atoms with E-state index in [4.69, 9.17) is 10.2 Å². The largest absolute Gasteiger partial charge is 0.454 e. The Bertz CT molecular complexity index is 856. The summed E-state index contributed by atoms with van der Waals surface area (Å²) in [5, 5.41) is 1.08. The van der Waals surface area contributed by atoms with Crippen LogP contribution in [-0.2, 0) is 0 Å². The van der Waals surface area contributed by atoms with Crippen LogP contribution in [-0.4, -0.2) is 9.38 Å². The molecule has 3 aromatic heterocycles. The molecule has 0 atom stereocenters. The first-order valence-electron chi connectivity index (χ1n) is 6.03. The highest BCUT2D eigenvalue weighted by Crippen LogP contribution is 2.27. The second kappa shape index (κ2) is 3.62. The maximum atomic E-state index is 5.81. The second-order valence-electron chi connectivity index (χ2n) is 4.50. The Balaban J connectivity index is 1.93. The Morgan fingerprint density at radius 1 is 1.05 bits per heavy atom. The number of nitrogens with zero attached hydrogens (tertiary/aromatic N) is 2. The highest BCUT2D eigenvalue weighted by Gasteiger charge is 2.09. The summed E-state index contributed by atoms with van der Waals surface area (Å²) in [4.78, 5) is 4.53. The molecule has 0 aliphatic heterocycles. The van der Waals surface area contributed by atoms with Crippen molar-refractivity contribution in [1.29, 1.82) is 0 Å². The van der Waals surface area contributed by atoms with Gasteiger partial charge in [0, 0.05) is 23.5 Å². The van der Waals surface area contributed by atoms with E-state index in [0.717, 1.165) is 28.1 Å². The van der Waals surface area contributed by atoms with Crippen molar-refractivity contribution in [2.45, 2.75) is 0 Å². The Morgan fingerprint density at radius 2 is 1.95 bits per heavy atom. The minimum absolute atomic E-state index is 0.709. The van der Waals surface area contributed by atoms with Crippen LogP contribution < -0.4 is 5.73 Å². The van der Waals surface area contributed by atoms with Gasteiger partial charge in [0.25, 0.3) is 0 Å². The lowest BCUT2D eigenvalue weighted by Crippen LogP contribution is -1.88. The molecule has 0 aliphatic rings. The summed E-state index contributed by atoms with van der Waals surface area (Å²) in [7, 11) is 0. The third-order valence-electron chi connectivity index (χ3n) is 3.15. The van der Waals surface area contributed by atoms with Crippen molar-refractivity contribution in [1.82, 2.24) is 9.38 Å². The van der Waals surface area contributed by atoms with E-state index in [0.29, 0.717) is 5.69 Å². The number of imidazole rings is 1. The molecule has 19 heavy (non-hydrogen) atoms. The van der Waals surface area contributed by atoms with E-state index < -0.39 is 0 Å². The average molecular weight is 249 g/mol. The molecule has 0 fully saturated rings. The number of hydrogen-bond donors (Lipinski definition) is 1. The topological polar surface area (TPSA) is 56.5 Å². The molecule has 4 rings (SSSR count). The summed E-state index contributed by atoms with van der Waals surface area (Å²) in [6, 6.07) is 13.7. The highest BCUT2D eigenvalue weighted by molar-refractivity contribution is 5.82. The molecule has 3 heterocycles. The van der Waals surface area contributed by atoms with Crippen LogP contribution in [0.4, 0.5) is 5.69 Å². The van der Waals surface area contributed by atoms with Gasteiger partial charge in [-0.1, -0.05) is 18.2 Å². The number of pyridine rings is 1. The zero-order valence-electron chi connectivity index (χ0n) is 10.1. The lowest BCUT2D eigenvalue weighted by molar-refractivity contribution is 0.629. The van der Waals surface area contributed by atoms with E-state index in [2.05, 4.69) is 4.98 Å². The highest BCUT2D eigenvalue weighted by atomic mass is 16.3. The van der Waals surface area contributed by atoms with Crippen molar-refractivity contribution in [2.24, 2.45) is 0 Å². The van der Waals surface area contributed by atoms with Crippen LogP contribution in [0.25, 0.3) is 28.1 Å². The molecule has 4 nitrogen and oxygen atoms in total. The number of nitrogens with two attached hydrogens (primary N) is 1. The van der Waals surface area contributed by atoms with Crippen LogP contribution in [0.5, 0.6) is 0 Å². The van der Waals surface area contributed by atoms with Gasteiger partial charge in [0.2, 0.25) is 0 Å². The molecule has 0 aliphatic carbocycles. The summed E-state index contributed by atoms with van der Waals surface area (Å²) < 4.78 is 7.71. The molecule has 0 saturated carbocycles. The van der Waals surface area contributed by atoms with Crippen molar-refractivity contribution < 1.29 is 4.42 Å². The predicted molar refractivity (Wildman–Crippen MR) is 74.8 cm³/mol. The Kier molecular flexibility index (Phi) is 1.94. The maximum absolute atomic E-state index is 5.81. The van der Waals surface area contributed by atoms with E-state index >= 15 is 0 Å². The molecule has 0 unspecified atom stereocenters. The summed E-state index contributed by atoms with van der Waals surface area (Å²) in [5.74, 6) is 0.767. The van der Waals surface area contributed by atoms with Crippen LogP contribution in [0, 0.1) is 0 Å². The normalized spacial score (nSPS) is 11.4. The standard InChI is InChI=1S/C15H11N3O/c16-11-5-6-15-17-12(9-18(15)8-11)14-7-10-3-1-2-4-13(10)19-14/h1-9H,16H2. The minimum atomic E-state index is 0.709. The van der Waals surface area contributed by atoms with Crippen LogP contribution >= 0.6 is 0 Å². The minimum Gasteiger partial charge on any atom is -0.454 e. The molecule has 4 heteroatoms. The van der Waals surface area contributed by atoms with E-state index in [1.165, 1.54) is 0 Å². The fraction of sp³-hybridized carbons (Fsp3) is 0. The van der Waals surface area contributed by atoms with Gasteiger partial charge in [-0.25, -0.2) is 4.98 Å². The van der Waals surface area contributed by atoms with Crippen molar-refractivity contribution in [2.75, 3.05) is 5.73 Å². The van der Waals surface area contributed by atoms with Gasteiger partial charge >= 0.3 is 0 Å². The molecular weight excluding hydrogens is 238 g/mol. The third-order valence-corrected chi connectivity index (χ3v) is 3.15. The number of rotatable bonds is 1. The van der Waals surface area contributed by atoms with Crippen molar-refractivity contribution >= 4 is 22.3 Å². The number of nitrogen functional groups attached to an aromatic ring is 1. The number of furan rings is 1. The first-order chi connectivity index (χ1) is 9.29. The van der Waals surface area contributed by atoms with Crippen LogP contribution in [0.15, 0.2) is 59.3 Å². The number of benzene rings is 1. The average Bonchev–Trinajstić information content (AvgIpc) is 3.00. The van der Waals surface area contributed by atoms with Crippen LogP contribution in [0.1, 0.15) is 0 Å². The number of fused-ring (bicyclic) bond motifs is 2. The molecule has 2 N–H and O–H groups in total. The molecule has 92 valence electrons. The quantitative estimate of drug-likeness (QED) is 0.563. The van der Waals surface area contributed by atoms with Gasteiger partial charge in [-0.15, -0.1) is 0 Å². The van der Waals surface area contributed by atoms with Gasteiger partial charge in [0.1, 0.15) is 16.9 Å². The van der Waals surface area contributed by atoms with Gasteiger partial charge in [-0.3, -0.25) is 0 Å². The van der Waals surface area contributed by atoms with Crippen molar-refractivity contribution in [3.8, 4) is 11.5 Å². The number of anilines is 1. The molecule has 0 bridgehead atoms. The van der Waals surface area contributed by atoms with Gasteiger partial charge in [0.15, 0.2) is 5.76 Å². The second-order valence-corrected chi connectivity index (χ2v) is 4.50. The maximum Gasteiger partial charge on any atom is 0.155 e. The lowest BCUT2D eigenvalue weighted by Gasteiger charge is -1.93. The number of aromatic nitrogens is 2. The summed E-state index contributed by atoms with van der Waals surface area (Å²) in [5.41, 5.74) is 9.00. The van der Waals surface area contributed by atoms with E-state index in [9.17, 15) is 0 Å². The molecule has 0 saturated heterocycles. The van der Waals surface area contributed by atoms with Crippen molar-refractivity contribution in [3.63, 3.8) is 0 Å². The summed E-state index contributed by atoms with van der Waals surface area (Å²) in [6.07, 6.45) is 3.76. The fourth-order valence-corrected chi connectivity index (χ4v) is 2.24. The Labute approximate surface area is 109 Å². The summed E-state index contributed by atoms with van der Waals surface area (Å²) >= 11 is 0. The number of hydrogen-bond acceptors (Lipinski definition) is 3. The fourth-order valence-electron chi connectivity index (χ4n) is 2.24. The first-order valence-corrected chi connectivity index (χ1v) is 6.03. The molecular formula is C15H11N3O. The number of para-hydroxylation sites is 1. The van der Waals surface area contributed by atoms with E-state index in [-0.39, 0.29) is 0 Å². The van der Waals surface area contributed by atoms with E-state index in [1.807, 2.05) is 59.3 Å². The van der Waals surface area contributed by atoms with Crippen LogP contribution in [0.2, 0.25) is 0 Å². The van der Waals surface area contributed by atoms with Gasteiger partial charge in [-0.05, 0) is 24.3 Å². The van der Waals surface area contributed by atoms with Crippen molar-refractivity contribution in [3.05, 3.63) is 54.9 Å². The SMILES string of the molecule is Nc1ccc2nc(-c3cc4ccccc4o3)cn2c1. The monoisotopic (exact) mass is 249 g/mol. The first kappa shape index (κ1) is 10.2. The van der Waals surface area contributed by atoms with Gasteiger partial charge in [-0.2, -0.15) is 0 Å². The Morgan fingerprint density at radius 3 is 2.84 bits per heavy atom. The summed E-state index contributed by atoms with van der Waals surface area (Å²) in [6.45, 7) is 0. The zero-order valence-corrected chi connectivity index (χ0v) is 10.1. The van der Waals surface area contributed by atoms with Crippen LogP contribution in [0.3, 0.4) is 0 Å². The lowest BCUT2D eigenvalue weighted by atomic mass is 10.2. The predicted octanol–water partition coefficient (Wildman–Crippen LogP) is 3.33. The molecule has 0 radical (unpaired) electrons. The van der Waals surface area contributed by atoms with Gasteiger partial charge in [0.05, 0.1) is 0 Å². The van der Waals surface area contributed by atoms with E-state index in [1.54, 1.807) is 0 Å². The smallest absolute Gasteiger partial charge is 0.155 e. The molecule has 1 aromatic carbocycles.